The molecule has 0 saturated carbocycles. The van der Waals surface area contributed by atoms with Crippen molar-refractivity contribution in [3.63, 3.8) is 0 Å². The molecule has 3 aliphatic rings. The Kier molecular flexibility index (Phi) is 2.68. The third-order valence-electron chi connectivity index (χ3n) is 4.53. The van der Waals surface area contributed by atoms with E-state index in [-0.39, 0.29) is 12.5 Å². The summed E-state index contributed by atoms with van der Waals surface area (Å²) in [5.74, 6) is 0.738. The van der Waals surface area contributed by atoms with Gasteiger partial charge in [-0.05, 0) is 44.4 Å². The molecule has 1 aliphatic carbocycles. The van der Waals surface area contributed by atoms with Gasteiger partial charge in [-0.3, -0.25) is 0 Å². The molecular formula is C13H21NO2. The van der Waals surface area contributed by atoms with E-state index in [0.29, 0.717) is 5.92 Å². The first-order valence-electron chi connectivity index (χ1n) is 6.58. The van der Waals surface area contributed by atoms with E-state index in [0.717, 1.165) is 13.0 Å². The van der Waals surface area contributed by atoms with Crippen LogP contribution < -0.4 is 0 Å². The van der Waals surface area contributed by atoms with Crippen LogP contribution >= 0.6 is 0 Å². The van der Waals surface area contributed by atoms with E-state index in [9.17, 15) is 10.2 Å². The first kappa shape index (κ1) is 10.6. The summed E-state index contributed by atoms with van der Waals surface area (Å²) in [6.07, 6.45) is 6.75. The Bertz CT molecular complexity index is 313. The summed E-state index contributed by atoms with van der Waals surface area (Å²) in [5.41, 5.74) is 2.98. The lowest BCUT2D eigenvalue weighted by atomic mass is 9.75. The number of allylic oxidation sites excluding steroid dienone is 2. The smallest absolute Gasteiger partial charge is 0.132 e. The first-order valence-corrected chi connectivity index (χ1v) is 6.58. The molecule has 90 valence electrons. The average Bonchev–Trinajstić information content (AvgIpc) is 2.33. The minimum absolute atomic E-state index is 0.0376. The van der Waals surface area contributed by atoms with Crippen LogP contribution in [0.15, 0.2) is 11.3 Å². The van der Waals surface area contributed by atoms with Crippen molar-refractivity contribution in [1.82, 2.24) is 4.90 Å². The normalized spacial score (nSPS) is 38.6. The highest BCUT2D eigenvalue weighted by molar-refractivity contribution is 5.24. The summed E-state index contributed by atoms with van der Waals surface area (Å²) < 4.78 is 0. The van der Waals surface area contributed by atoms with E-state index in [1.807, 2.05) is 0 Å². The molecule has 3 heteroatoms. The molecule has 0 radical (unpaired) electrons. The first-order chi connectivity index (χ1) is 7.81. The largest absolute Gasteiger partial charge is 0.396 e. The van der Waals surface area contributed by atoms with Gasteiger partial charge in [-0.1, -0.05) is 5.57 Å². The number of aliphatic hydroxyl groups is 2. The summed E-state index contributed by atoms with van der Waals surface area (Å²) in [6, 6.07) is 0. The average molecular weight is 223 g/mol. The summed E-state index contributed by atoms with van der Waals surface area (Å²) in [7, 11) is 0. The number of aliphatic hydroxyl groups excluding tert-OH is 2. The van der Waals surface area contributed by atoms with E-state index in [2.05, 4.69) is 4.90 Å². The third-order valence-corrected chi connectivity index (χ3v) is 4.53. The van der Waals surface area contributed by atoms with E-state index >= 15 is 0 Å². The summed E-state index contributed by atoms with van der Waals surface area (Å²) >= 11 is 0. The Morgan fingerprint density at radius 2 is 2.06 bits per heavy atom. The molecule has 2 N–H and O–H groups in total. The van der Waals surface area contributed by atoms with Gasteiger partial charge in [-0.2, -0.15) is 0 Å². The molecule has 3 rings (SSSR count). The lowest BCUT2D eigenvalue weighted by Crippen LogP contribution is -2.50. The molecule has 0 amide bonds. The Hall–Kier alpha value is -0.540. The zero-order chi connectivity index (χ0) is 11.1. The number of rotatable bonds is 1. The van der Waals surface area contributed by atoms with Crippen molar-refractivity contribution in [2.45, 2.75) is 44.8 Å². The van der Waals surface area contributed by atoms with Crippen LogP contribution in [0.25, 0.3) is 0 Å². The predicted molar refractivity (Wildman–Crippen MR) is 61.5 cm³/mol. The molecule has 0 aromatic rings. The molecule has 0 aromatic carbocycles. The highest BCUT2D eigenvalue weighted by Crippen LogP contribution is 2.45. The van der Waals surface area contributed by atoms with E-state index in [1.165, 1.54) is 43.4 Å². The standard InChI is InChI=1S/C13H21NO2/c15-8-11-7-10-4-1-3-9-5-2-6-14(12(9)10)13(11)16/h9,11,13,15-16H,1-8H2. The molecule has 0 spiro atoms. The fourth-order valence-corrected chi connectivity index (χ4v) is 3.78. The minimum Gasteiger partial charge on any atom is -0.396 e. The van der Waals surface area contributed by atoms with Crippen LogP contribution in [-0.2, 0) is 0 Å². The second kappa shape index (κ2) is 4.04. The van der Waals surface area contributed by atoms with Gasteiger partial charge in [0.1, 0.15) is 6.23 Å². The van der Waals surface area contributed by atoms with Crippen LogP contribution in [0, 0.1) is 11.8 Å². The number of hydrogen-bond donors (Lipinski definition) is 2. The fraction of sp³-hybridized carbons (Fsp3) is 0.846. The van der Waals surface area contributed by atoms with Gasteiger partial charge in [0, 0.05) is 18.2 Å². The quantitative estimate of drug-likeness (QED) is 0.707. The summed E-state index contributed by atoms with van der Waals surface area (Å²) in [5, 5.41) is 19.6. The van der Waals surface area contributed by atoms with Crippen LogP contribution in [0.4, 0.5) is 0 Å². The van der Waals surface area contributed by atoms with Gasteiger partial charge in [0.05, 0.1) is 6.61 Å². The molecule has 16 heavy (non-hydrogen) atoms. The second-order valence-electron chi connectivity index (χ2n) is 5.47. The van der Waals surface area contributed by atoms with Crippen LogP contribution in [0.3, 0.4) is 0 Å². The molecule has 0 aromatic heterocycles. The van der Waals surface area contributed by atoms with Crippen LogP contribution in [0.5, 0.6) is 0 Å². The topological polar surface area (TPSA) is 43.7 Å². The molecule has 1 saturated heterocycles. The van der Waals surface area contributed by atoms with E-state index in [1.54, 1.807) is 0 Å². The minimum atomic E-state index is -0.440. The van der Waals surface area contributed by atoms with Crippen molar-refractivity contribution in [1.29, 1.82) is 0 Å². The maximum absolute atomic E-state index is 10.3. The number of nitrogens with zero attached hydrogens (tertiary/aromatic N) is 1. The van der Waals surface area contributed by atoms with Crippen molar-refractivity contribution in [2.24, 2.45) is 11.8 Å². The zero-order valence-corrected chi connectivity index (χ0v) is 9.73. The lowest BCUT2D eigenvalue weighted by molar-refractivity contribution is -0.0649. The molecule has 2 aliphatic heterocycles. The second-order valence-corrected chi connectivity index (χ2v) is 5.47. The maximum Gasteiger partial charge on any atom is 0.132 e. The van der Waals surface area contributed by atoms with E-state index < -0.39 is 6.23 Å². The van der Waals surface area contributed by atoms with Crippen molar-refractivity contribution in [3.05, 3.63) is 11.3 Å². The Morgan fingerprint density at radius 3 is 2.88 bits per heavy atom. The Balaban J connectivity index is 1.96. The molecule has 3 atom stereocenters. The molecular weight excluding hydrogens is 202 g/mol. The van der Waals surface area contributed by atoms with E-state index in [4.69, 9.17) is 0 Å². The Morgan fingerprint density at radius 1 is 1.25 bits per heavy atom. The van der Waals surface area contributed by atoms with Crippen molar-refractivity contribution in [2.75, 3.05) is 13.2 Å². The molecule has 2 heterocycles. The van der Waals surface area contributed by atoms with Crippen LogP contribution in [-0.4, -0.2) is 34.5 Å². The van der Waals surface area contributed by atoms with Gasteiger partial charge in [0.25, 0.3) is 0 Å². The van der Waals surface area contributed by atoms with Crippen LogP contribution in [0.2, 0.25) is 0 Å². The highest BCUT2D eigenvalue weighted by atomic mass is 16.3. The van der Waals surface area contributed by atoms with Crippen molar-refractivity contribution < 1.29 is 10.2 Å². The summed E-state index contributed by atoms with van der Waals surface area (Å²) in [6.45, 7) is 1.09. The van der Waals surface area contributed by atoms with Gasteiger partial charge in [0.15, 0.2) is 0 Å². The third kappa shape index (κ3) is 1.49. The molecule has 3 nitrogen and oxygen atoms in total. The monoisotopic (exact) mass is 223 g/mol. The lowest BCUT2D eigenvalue weighted by Gasteiger charge is -2.49. The van der Waals surface area contributed by atoms with Gasteiger partial charge < -0.3 is 15.1 Å². The van der Waals surface area contributed by atoms with Gasteiger partial charge >= 0.3 is 0 Å². The van der Waals surface area contributed by atoms with Crippen LogP contribution in [0.1, 0.15) is 38.5 Å². The zero-order valence-electron chi connectivity index (χ0n) is 9.73. The molecule has 1 fully saturated rings. The van der Waals surface area contributed by atoms with Crippen molar-refractivity contribution in [3.8, 4) is 0 Å². The van der Waals surface area contributed by atoms with Gasteiger partial charge in [0.2, 0.25) is 0 Å². The van der Waals surface area contributed by atoms with Gasteiger partial charge in [-0.25, -0.2) is 0 Å². The fourth-order valence-electron chi connectivity index (χ4n) is 3.78. The predicted octanol–water partition coefficient (Wildman–Crippen LogP) is 1.47. The Labute approximate surface area is 96.8 Å². The van der Waals surface area contributed by atoms with Gasteiger partial charge in [-0.15, -0.1) is 0 Å². The highest BCUT2D eigenvalue weighted by Gasteiger charge is 2.40. The number of hydrogen-bond acceptors (Lipinski definition) is 3. The maximum atomic E-state index is 10.3. The molecule has 0 bridgehead atoms. The summed E-state index contributed by atoms with van der Waals surface area (Å²) in [4.78, 5) is 2.19. The SMILES string of the molecule is OCC1CC2=C3C(CCC2)CCCN3C1O. The molecule has 3 unspecified atom stereocenters. The van der Waals surface area contributed by atoms with Crippen molar-refractivity contribution >= 4 is 0 Å². The number of piperidine rings is 1.